The molecule has 0 fully saturated rings. The molecule has 0 aromatic heterocycles. The Morgan fingerprint density at radius 3 is 2.33 bits per heavy atom. The van der Waals surface area contributed by atoms with Crippen molar-refractivity contribution in [3.63, 3.8) is 0 Å². The number of rotatable bonds is 5. The molecule has 0 amide bonds. The Morgan fingerprint density at radius 2 is 1.83 bits per heavy atom. The zero-order valence-electron chi connectivity index (χ0n) is 11.0. The van der Waals surface area contributed by atoms with Crippen LogP contribution in [0.3, 0.4) is 0 Å². The van der Waals surface area contributed by atoms with Gasteiger partial charge in [-0.3, -0.25) is 4.79 Å². The minimum atomic E-state index is -1.09. The molecule has 0 aliphatic carbocycles. The van der Waals surface area contributed by atoms with Crippen molar-refractivity contribution in [2.75, 3.05) is 21.3 Å². The summed E-state index contributed by atoms with van der Waals surface area (Å²) in [5.74, 6) is 0.780. The summed E-state index contributed by atoms with van der Waals surface area (Å²) in [7, 11) is 4.44. The molecule has 0 radical (unpaired) electrons. The van der Waals surface area contributed by atoms with Crippen molar-refractivity contribution in [3.8, 4) is 11.5 Å². The first kappa shape index (κ1) is 14.6. The largest absolute Gasteiger partial charge is 0.493 e. The maximum Gasteiger partial charge on any atom is 0.326 e. The van der Waals surface area contributed by atoms with E-state index in [-0.39, 0.29) is 0 Å². The number of benzene rings is 1. The molecule has 0 N–H and O–H groups in total. The van der Waals surface area contributed by atoms with Gasteiger partial charge in [-0.1, -0.05) is 6.07 Å². The lowest BCUT2D eigenvalue weighted by Crippen LogP contribution is -2.32. The van der Waals surface area contributed by atoms with Crippen molar-refractivity contribution >= 4 is 17.6 Å². The van der Waals surface area contributed by atoms with Crippen LogP contribution in [-0.2, 0) is 16.0 Å². The van der Waals surface area contributed by atoms with Gasteiger partial charge in [0.2, 0.25) is 0 Å². The molecule has 1 aromatic rings. The van der Waals surface area contributed by atoms with Gasteiger partial charge in [-0.05, 0) is 24.6 Å². The number of ether oxygens (including phenoxy) is 3. The maximum absolute atomic E-state index is 11.5. The molecule has 0 saturated heterocycles. The molecule has 18 heavy (non-hydrogen) atoms. The summed E-state index contributed by atoms with van der Waals surface area (Å²) in [6.45, 7) is 1.62. The number of methoxy groups -OCH3 is 3. The predicted molar refractivity (Wildman–Crippen MR) is 69.5 cm³/mol. The van der Waals surface area contributed by atoms with Crippen molar-refractivity contribution in [3.05, 3.63) is 23.8 Å². The quantitative estimate of drug-likeness (QED) is 0.610. The van der Waals surface area contributed by atoms with Crippen LogP contribution in [0.15, 0.2) is 18.2 Å². The Bertz CT molecular complexity index is 429. The van der Waals surface area contributed by atoms with Gasteiger partial charge >= 0.3 is 5.97 Å². The van der Waals surface area contributed by atoms with Gasteiger partial charge < -0.3 is 14.2 Å². The van der Waals surface area contributed by atoms with E-state index in [1.54, 1.807) is 33.3 Å². The van der Waals surface area contributed by atoms with Gasteiger partial charge in [-0.25, -0.2) is 0 Å². The van der Waals surface area contributed by atoms with Crippen molar-refractivity contribution in [2.24, 2.45) is 0 Å². The van der Waals surface area contributed by atoms with Crippen LogP contribution in [0.4, 0.5) is 0 Å². The zero-order chi connectivity index (χ0) is 13.8. The van der Waals surface area contributed by atoms with Crippen molar-refractivity contribution in [1.82, 2.24) is 0 Å². The first-order valence-electron chi connectivity index (χ1n) is 5.43. The van der Waals surface area contributed by atoms with E-state index in [0.717, 1.165) is 5.56 Å². The van der Waals surface area contributed by atoms with Crippen LogP contribution in [0.5, 0.6) is 11.5 Å². The zero-order valence-corrected chi connectivity index (χ0v) is 11.7. The van der Waals surface area contributed by atoms with E-state index in [1.165, 1.54) is 7.11 Å². The monoisotopic (exact) mass is 272 g/mol. The molecular formula is C13H17ClO4. The number of carbonyl (C=O) groups is 1. The summed E-state index contributed by atoms with van der Waals surface area (Å²) >= 11 is 6.14. The molecule has 4 nitrogen and oxygen atoms in total. The summed E-state index contributed by atoms with van der Waals surface area (Å²) in [4.78, 5) is 10.4. The Morgan fingerprint density at radius 1 is 1.22 bits per heavy atom. The van der Waals surface area contributed by atoms with Gasteiger partial charge in [-0.15, -0.1) is 11.6 Å². The number of hydrogen-bond donors (Lipinski definition) is 0. The highest BCUT2D eigenvalue weighted by atomic mass is 35.5. The van der Waals surface area contributed by atoms with E-state index in [4.69, 9.17) is 21.1 Å². The Labute approximate surface area is 112 Å². The molecule has 0 spiro atoms. The number of alkyl halides is 1. The van der Waals surface area contributed by atoms with Crippen LogP contribution in [0.1, 0.15) is 12.5 Å². The molecule has 5 heteroatoms. The Hall–Kier alpha value is -1.42. The molecule has 0 aliphatic rings. The van der Waals surface area contributed by atoms with Gasteiger partial charge in [0.05, 0.1) is 21.3 Å². The summed E-state index contributed by atoms with van der Waals surface area (Å²) in [5, 5.41) is 0. The fourth-order valence-electron chi connectivity index (χ4n) is 1.66. The highest BCUT2D eigenvalue weighted by Crippen LogP contribution is 2.30. The standard InChI is InChI=1S/C13H17ClO4/c1-13(14,12(15)18-4)8-9-5-6-10(16-2)11(7-9)17-3/h5-7H,8H2,1-4H3. The fourth-order valence-corrected chi connectivity index (χ4v) is 1.89. The molecule has 0 saturated carbocycles. The van der Waals surface area contributed by atoms with Gasteiger partial charge in [0, 0.05) is 6.42 Å². The van der Waals surface area contributed by atoms with Crippen molar-refractivity contribution in [2.45, 2.75) is 18.2 Å². The summed E-state index contributed by atoms with van der Waals surface area (Å²) in [5.41, 5.74) is 0.871. The van der Waals surface area contributed by atoms with Crippen molar-refractivity contribution < 1.29 is 19.0 Å². The van der Waals surface area contributed by atoms with Crippen LogP contribution in [0.25, 0.3) is 0 Å². The second-order valence-corrected chi connectivity index (χ2v) is 4.89. The van der Waals surface area contributed by atoms with E-state index >= 15 is 0 Å². The SMILES string of the molecule is COC(=O)C(C)(Cl)Cc1ccc(OC)c(OC)c1. The lowest BCUT2D eigenvalue weighted by molar-refractivity contribution is -0.143. The second-order valence-electron chi connectivity index (χ2n) is 4.06. The molecule has 1 unspecified atom stereocenters. The molecule has 1 atom stereocenters. The lowest BCUT2D eigenvalue weighted by Gasteiger charge is -2.19. The number of halogens is 1. The third-order valence-electron chi connectivity index (χ3n) is 2.60. The highest BCUT2D eigenvalue weighted by Gasteiger charge is 2.32. The summed E-state index contributed by atoms with van der Waals surface area (Å²) in [6, 6.07) is 5.41. The molecule has 0 bridgehead atoms. The fraction of sp³-hybridized carbons (Fsp3) is 0.462. The number of hydrogen-bond acceptors (Lipinski definition) is 4. The average molecular weight is 273 g/mol. The van der Waals surface area contributed by atoms with E-state index in [9.17, 15) is 4.79 Å². The first-order chi connectivity index (χ1) is 8.44. The van der Waals surface area contributed by atoms with Gasteiger partial charge in [-0.2, -0.15) is 0 Å². The van der Waals surface area contributed by atoms with Gasteiger partial charge in [0.25, 0.3) is 0 Å². The van der Waals surface area contributed by atoms with E-state index in [0.29, 0.717) is 17.9 Å². The first-order valence-corrected chi connectivity index (χ1v) is 5.80. The smallest absolute Gasteiger partial charge is 0.326 e. The normalized spacial score (nSPS) is 13.6. The Kier molecular flexibility index (Phi) is 4.84. The van der Waals surface area contributed by atoms with Gasteiger partial charge in [0.15, 0.2) is 11.5 Å². The molecule has 0 aliphatic heterocycles. The summed E-state index contributed by atoms with van der Waals surface area (Å²) in [6.07, 6.45) is 0.349. The minimum absolute atomic E-state index is 0.349. The van der Waals surface area contributed by atoms with Crippen LogP contribution < -0.4 is 9.47 Å². The van der Waals surface area contributed by atoms with E-state index in [2.05, 4.69) is 4.74 Å². The molecule has 1 rings (SSSR count). The minimum Gasteiger partial charge on any atom is -0.493 e. The molecule has 1 aromatic carbocycles. The lowest BCUT2D eigenvalue weighted by atomic mass is 10.00. The van der Waals surface area contributed by atoms with Gasteiger partial charge in [0.1, 0.15) is 4.87 Å². The topological polar surface area (TPSA) is 44.8 Å². The second kappa shape index (κ2) is 5.96. The van der Waals surface area contributed by atoms with Crippen LogP contribution in [-0.4, -0.2) is 32.2 Å². The maximum atomic E-state index is 11.5. The van der Waals surface area contributed by atoms with E-state index < -0.39 is 10.8 Å². The van der Waals surface area contributed by atoms with Crippen LogP contribution in [0.2, 0.25) is 0 Å². The average Bonchev–Trinajstić information content (AvgIpc) is 2.36. The van der Waals surface area contributed by atoms with Crippen LogP contribution >= 0.6 is 11.6 Å². The number of carbonyl (C=O) groups excluding carboxylic acids is 1. The molecular weight excluding hydrogens is 256 g/mol. The number of esters is 1. The highest BCUT2D eigenvalue weighted by molar-refractivity contribution is 6.33. The predicted octanol–water partition coefficient (Wildman–Crippen LogP) is 2.42. The summed E-state index contributed by atoms with van der Waals surface area (Å²) < 4.78 is 15.0. The van der Waals surface area contributed by atoms with E-state index in [1.807, 2.05) is 6.07 Å². The molecule has 0 heterocycles. The van der Waals surface area contributed by atoms with Crippen molar-refractivity contribution in [1.29, 1.82) is 0 Å². The Balaban J connectivity index is 2.95. The van der Waals surface area contributed by atoms with Crippen LogP contribution in [0, 0.1) is 0 Å². The third-order valence-corrected chi connectivity index (χ3v) is 2.88. The molecule has 100 valence electrons. The third kappa shape index (κ3) is 3.29.